The van der Waals surface area contributed by atoms with Crippen molar-refractivity contribution in [2.45, 2.75) is 119 Å². The molecule has 0 amide bonds. The number of esters is 3. The predicted molar refractivity (Wildman–Crippen MR) is 133 cm³/mol. The van der Waals surface area contributed by atoms with E-state index in [0.29, 0.717) is 0 Å². The van der Waals surface area contributed by atoms with E-state index in [2.05, 4.69) is 0 Å². The van der Waals surface area contributed by atoms with Crippen LogP contribution in [0.25, 0.3) is 0 Å². The Labute approximate surface area is 234 Å². The van der Waals surface area contributed by atoms with Crippen molar-refractivity contribution in [1.29, 1.82) is 0 Å². The minimum Gasteiger partial charge on any atom is -0.463 e. The van der Waals surface area contributed by atoms with Crippen molar-refractivity contribution < 1.29 is 61.8 Å². The molecule has 38 heavy (non-hydrogen) atoms. The third kappa shape index (κ3) is 6.77. The van der Waals surface area contributed by atoms with E-state index in [1.54, 1.807) is 27.7 Å². The summed E-state index contributed by atoms with van der Waals surface area (Å²) in [6.07, 6.45) is -7.20. The number of carbonyl (C=O) groups excluding carboxylic acids is 3. The second-order valence-electron chi connectivity index (χ2n) is 10.5. The lowest BCUT2D eigenvalue weighted by atomic mass is 10.00. The van der Waals surface area contributed by atoms with Gasteiger partial charge in [0.05, 0.1) is 6.61 Å². The molecule has 4 aliphatic heterocycles. The van der Waals surface area contributed by atoms with Gasteiger partial charge in [-0.1, -0.05) is 22.6 Å². The number of ether oxygens (including phenoxy) is 10. The molecule has 0 aromatic heterocycles. The smallest absolute Gasteiger partial charge is 0.303 e. The van der Waals surface area contributed by atoms with E-state index in [1.165, 1.54) is 20.8 Å². The summed E-state index contributed by atoms with van der Waals surface area (Å²) in [7, 11) is 0. The predicted octanol–water partition coefficient (Wildman–Crippen LogP) is 1.35. The third-order valence-corrected chi connectivity index (χ3v) is 7.64. The van der Waals surface area contributed by atoms with Gasteiger partial charge in [-0.2, -0.15) is 0 Å². The highest BCUT2D eigenvalue weighted by Gasteiger charge is 2.61. The molecule has 0 spiro atoms. The van der Waals surface area contributed by atoms with Crippen LogP contribution in [0, 0.1) is 0 Å². The SMILES string of the molecule is CC(=O)OC[C@H]1O[C@H](O[C@H]2[C@H]([C@H]3COC(C)(C)O3)O[C@@H]3OC(C)(C)O[C@@H]32)[C@@H](I)[C@@H](OC(C)=O)[C@@H]1OC(C)=O. The van der Waals surface area contributed by atoms with Crippen molar-refractivity contribution in [2.75, 3.05) is 13.2 Å². The maximum Gasteiger partial charge on any atom is 0.303 e. The van der Waals surface area contributed by atoms with Crippen LogP contribution in [0.2, 0.25) is 0 Å². The molecule has 0 radical (unpaired) electrons. The lowest BCUT2D eigenvalue weighted by Crippen LogP contribution is -2.61. The fourth-order valence-corrected chi connectivity index (χ4v) is 5.86. The fourth-order valence-electron chi connectivity index (χ4n) is 4.96. The first-order chi connectivity index (χ1) is 17.7. The first-order valence-electron chi connectivity index (χ1n) is 12.4. The Morgan fingerprint density at radius 1 is 0.816 bits per heavy atom. The van der Waals surface area contributed by atoms with Crippen LogP contribution in [-0.4, -0.2) is 102 Å². The minimum absolute atomic E-state index is 0.259. The van der Waals surface area contributed by atoms with Crippen LogP contribution in [0.1, 0.15) is 48.5 Å². The maximum atomic E-state index is 12.0. The van der Waals surface area contributed by atoms with Crippen molar-refractivity contribution >= 4 is 40.5 Å². The van der Waals surface area contributed by atoms with Gasteiger partial charge in [-0.3, -0.25) is 14.4 Å². The first-order valence-corrected chi connectivity index (χ1v) is 13.7. The number of fused-ring (bicyclic) bond motifs is 1. The van der Waals surface area contributed by atoms with Gasteiger partial charge in [0.1, 0.15) is 41.1 Å². The molecule has 4 aliphatic rings. The summed E-state index contributed by atoms with van der Waals surface area (Å²) in [4.78, 5) is 35.4. The molecule has 14 heteroatoms. The maximum absolute atomic E-state index is 12.0. The third-order valence-electron chi connectivity index (χ3n) is 6.34. The second kappa shape index (κ2) is 11.4. The summed E-state index contributed by atoms with van der Waals surface area (Å²) < 4.78 is 58.3. The highest BCUT2D eigenvalue weighted by molar-refractivity contribution is 14.1. The van der Waals surface area contributed by atoms with Gasteiger partial charge in [0, 0.05) is 20.8 Å². The summed E-state index contributed by atoms with van der Waals surface area (Å²) >= 11 is 2.03. The standard InChI is InChI=1S/C24H35IO13/c1-10(26)29-8-13-16(31-11(2)27)18(32-12(3)28)15(25)21(33-13)35-19-17(14-9-30-23(4,5)36-14)34-22-20(19)37-24(6,7)38-22/h13-22H,8-9H2,1-7H3/t13-,14-,15+,16-,17+,18-,19+,20-,21-,22-/m1/s1. The molecule has 4 rings (SSSR count). The topological polar surface area (TPSA) is 144 Å². The zero-order valence-corrected chi connectivity index (χ0v) is 24.5. The van der Waals surface area contributed by atoms with E-state index in [1.807, 2.05) is 22.6 Å². The van der Waals surface area contributed by atoms with E-state index in [4.69, 9.17) is 47.4 Å². The van der Waals surface area contributed by atoms with E-state index in [-0.39, 0.29) is 13.2 Å². The Hall–Kier alpha value is -1.14. The van der Waals surface area contributed by atoms with Gasteiger partial charge in [-0.15, -0.1) is 0 Å². The summed E-state index contributed by atoms with van der Waals surface area (Å²) in [6.45, 7) is 10.9. The number of rotatable bonds is 7. The lowest BCUT2D eigenvalue weighted by molar-refractivity contribution is -0.291. The van der Waals surface area contributed by atoms with Gasteiger partial charge < -0.3 is 47.4 Å². The molecule has 0 aromatic rings. The second-order valence-corrected chi connectivity index (χ2v) is 11.9. The number of carbonyl (C=O) groups is 3. The van der Waals surface area contributed by atoms with E-state index in [9.17, 15) is 14.4 Å². The molecule has 0 aliphatic carbocycles. The average molecular weight is 658 g/mol. The Morgan fingerprint density at radius 2 is 1.47 bits per heavy atom. The minimum atomic E-state index is -1.04. The molecule has 216 valence electrons. The van der Waals surface area contributed by atoms with Crippen molar-refractivity contribution in [1.82, 2.24) is 0 Å². The number of alkyl halides is 1. The Bertz CT molecular complexity index is 910. The highest BCUT2D eigenvalue weighted by atomic mass is 127. The molecule has 0 unspecified atom stereocenters. The van der Waals surface area contributed by atoms with Gasteiger partial charge in [-0.25, -0.2) is 0 Å². The monoisotopic (exact) mass is 658 g/mol. The average Bonchev–Trinajstić information content (AvgIpc) is 3.40. The first kappa shape index (κ1) is 29.8. The molecule has 10 atom stereocenters. The van der Waals surface area contributed by atoms with Gasteiger partial charge >= 0.3 is 17.9 Å². The Morgan fingerprint density at radius 3 is 2.05 bits per heavy atom. The lowest BCUT2D eigenvalue weighted by Gasteiger charge is -2.44. The molecule has 0 bridgehead atoms. The molecule has 0 saturated carbocycles. The van der Waals surface area contributed by atoms with Gasteiger partial charge in [0.25, 0.3) is 0 Å². The van der Waals surface area contributed by atoms with Crippen LogP contribution in [0.3, 0.4) is 0 Å². The number of halogens is 1. The van der Waals surface area contributed by atoms with Crippen molar-refractivity contribution in [3.8, 4) is 0 Å². The van der Waals surface area contributed by atoms with Crippen LogP contribution in [-0.2, 0) is 61.8 Å². The molecular weight excluding hydrogens is 623 g/mol. The van der Waals surface area contributed by atoms with Crippen molar-refractivity contribution in [3.05, 3.63) is 0 Å². The van der Waals surface area contributed by atoms with Crippen LogP contribution in [0.5, 0.6) is 0 Å². The highest BCUT2D eigenvalue weighted by Crippen LogP contribution is 2.44. The largest absolute Gasteiger partial charge is 0.463 e. The van der Waals surface area contributed by atoms with E-state index < -0.39 is 88.7 Å². The summed E-state index contributed by atoms with van der Waals surface area (Å²) in [5, 5.41) is 0. The van der Waals surface area contributed by atoms with Gasteiger partial charge in [0.2, 0.25) is 0 Å². The Kier molecular flexibility index (Phi) is 8.94. The van der Waals surface area contributed by atoms with Crippen LogP contribution in [0.15, 0.2) is 0 Å². The van der Waals surface area contributed by atoms with E-state index in [0.717, 1.165) is 0 Å². The van der Waals surface area contributed by atoms with Crippen molar-refractivity contribution in [2.24, 2.45) is 0 Å². The quantitative estimate of drug-likeness (QED) is 0.168. The van der Waals surface area contributed by atoms with E-state index >= 15 is 0 Å². The van der Waals surface area contributed by atoms with Crippen LogP contribution in [0.4, 0.5) is 0 Å². The summed E-state index contributed by atoms with van der Waals surface area (Å²) in [6, 6.07) is 0. The number of hydrogen-bond donors (Lipinski definition) is 0. The summed E-state index contributed by atoms with van der Waals surface area (Å²) in [5.74, 6) is -3.48. The molecule has 0 aromatic carbocycles. The zero-order chi connectivity index (χ0) is 28.0. The zero-order valence-electron chi connectivity index (χ0n) is 22.4. The van der Waals surface area contributed by atoms with Gasteiger partial charge in [0.15, 0.2) is 36.4 Å². The molecule has 13 nitrogen and oxygen atoms in total. The molecule has 4 saturated heterocycles. The fraction of sp³-hybridized carbons (Fsp3) is 0.875. The molecular formula is C24H35IO13. The molecule has 4 fully saturated rings. The van der Waals surface area contributed by atoms with Gasteiger partial charge in [-0.05, 0) is 27.7 Å². The normalized spacial score (nSPS) is 41.4. The van der Waals surface area contributed by atoms with Crippen LogP contribution >= 0.6 is 22.6 Å². The molecule has 0 N–H and O–H groups in total. The summed E-state index contributed by atoms with van der Waals surface area (Å²) in [5.41, 5.74) is 0. The van der Waals surface area contributed by atoms with Crippen LogP contribution < -0.4 is 0 Å². The Balaban J connectivity index is 1.61. The number of hydrogen-bond acceptors (Lipinski definition) is 13. The van der Waals surface area contributed by atoms with Crippen molar-refractivity contribution in [3.63, 3.8) is 0 Å². The molecule has 4 heterocycles.